The van der Waals surface area contributed by atoms with E-state index in [9.17, 15) is 4.79 Å². The molecule has 0 bridgehead atoms. The molecule has 0 saturated carbocycles. The van der Waals surface area contributed by atoms with Gasteiger partial charge in [0, 0.05) is 12.5 Å². The topological polar surface area (TPSA) is 114 Å². The van der Waals surface area contributed by atoms with Crippen LogP contribution in [-0.4, -0.2) is 21.9 Å². The number of hydrogen-bond acceptors (Lipinski definition) is 5. The maximum absolute atomic E-state index is 12.1. The summed E-state index contributed by atoms with van der Waals surface area (Å²) >= 11 is 6.02. The summed E-state index contributed by atoms with van der Waals surface area (Å²) in [5, 5.41) is 14.5. The van der Waals surface area contributed by atoms with Gasteiger partial charge in [-0.05, 0) is 25.1 Å². The van der Waals surface area contributed by atoms with E-state index in [1.165, 1.54) is 12.1 Å². The predicted molar refractivity (Wildman–Crippen MR) is 77.9 cm³/mol. The Bertz CT molecular complexity index is 724. The smallest absolute Gasteiger partial charge is 0.293 e. The largest absolute Gasteiger partial charge is 0.436 e. The van der Waals surface area contributed by atoms with Crippen LogP contribution in [-0.2, 0) is 0 Å². The number of rotatable bonds is 3. The van der Waals surface area contributed by atoms with E-state index in [1.54, 1.807) is 19.9 Å². The highest BCUT2D eigenvalue weighted by atomic mass is 35.5. The fourth-order valence-corrected chi connectivity index (χ4v) is 1.92. The molecule has 1 aromatic heterocycles. The fraction of sp³-hybridized carbons (Fsp3) is 0.154. The molecule has 0 aliphatic rings. The van der Waals surface area contributed by atoms with Crippen LogP contribution in [0.15, 0.2) is 27.8 Å². The Kier molecular flexibility index (Phi) is 4.13. The minimum Gasteiger partial charge on any atom is -0.436 e. The minimum absolute atomic E-state index is 0.0890. The molecule has 110 valence electrons. The van der Waals surface area contributed by atoms with Crippen LogP contribution < -0.4 is 11.1 Å². The van der Waals surface area contributed by atoms with Crippen LogP contribution in [0.4, 0.5) is 5.69 Å². The van der Waals surface area contributed by atoms with Gasteiger partial charge in [0.15, 0.2) is 11.7 Å². The zero-order valence-electron chi connectivity index (χ0n) is 11.3. The molecule has 7 nitrogen and oxygen atoms in total. The van der Waals surface area contributed by atoms with Crippen LogP contribution in [0, 0.1) is 13.8 Å². The van der Waals surface area contributed by atoms with Crippen LogP contribution in [0.25, 0.3) is 0 Å². The lowest BCUT2D eigenvalue weighted by Crippen LogP contribution is -2.16. The highest BCUT2D eigenvalue weighted by Crippen LogP contribution is 2.24. The number of anilines is 1. The van der Waals surface area contributed by atoms with Crippen LogP contribution in [0.5, 0.6) is 0 Å². The summed E-state index contributed by atoms with van der Waals surface area (Å²) in [7, 11) is 0. The Labute approximate surface area is 125 Å². The van der Waals surface area contributed by atoms with Crippen molar-refractivity contribution in [1.29, 1.82) is 0 Å². The standard InChI is InChI=1S/C13H13ClN4O3/c1-6-11(21-7(2)16-6)13(19)17-10-5-8(12(15)18-20)3-4-9(10)14/h3-5,20H,1-2H3,(H2,15,18)(H,17,19). The number of oxime groups is 1. The van der Waals surface area contributed by atoms with Crippen LogP contribution >= 0.6 is 11.6 Å². The van der Waals surface area contributed by atoms with Gasteiger partial charge in [-0.15, -0.1) is 0 Å². The predicted octanol–water partition coefficient (Wildman–Crippen LogP) is 2.29. The van der Waals surface area contributed by atoms with E-state index in [0.717, 1.165) is 0 Å². The van der Waals surface area contributed by atoms with E-state index >= 15 is 0 Å². The normalized spacial score (nSPS) is 11.5. The summed E-state index contributed by atoms with van der Waals surface area (Å²) in [6.45, 7) is 3.32. The van der Waals surface area contributed by atoms with Crippen molar-refractivity contribution in [3.05, 3.63) is 46.1 Å². The van der Waals surface area contributed by atoms with E-state index in [0.29, 0.717) is 27.9 Å². The summed E-state index contributed by atoms with van der Waals surface area (Å²) < 4.78 is 5.23. The van der Waals surface area contributed by atoms with Gasteiger partial charge in [0.25, 0.3) is 5.91 Å². The molecule has 8 heteroatoms. The Morgan fingerprint density at radius 2 is 2.19 bits per heavy atom. The first-order valence-electron chi connectivity index (χ1n) is 5.95. The van der Waals surface area contributed by atoms with Crippen molar-refractivity contribution in [2.75, 3.05) is 5.32 Å². The summed E-state index contributed by atoms with van der Waals surface area (Å²) in [5.41, 5.74) is 6.72. The third-order valence-corrected chi connectivity index (χ3v) is 3.06. The second kappa shape index (κ2) is 5.84. The molecule has 1 heterocycles. The molecule has 1 amide bonds. The van der Waals surface area contributed by atoms with Crippen molar-refractivity contribution >= 4 is 29.0 Å². The average molecular weight is 309 g/mol. The number of carbonyl (C=O) groups excluding carboxylic acids is 1. The second-order valence-corrected chi connectivity index (χ2v) is 4.69. The number of amidine groups is 1. The molecule has 0 spiro atoms. The molecular formula is C13H13ClN4O3. The first-order valence-corrected chi connectivity index (χ1v) is 6.33. The summed E-state index contributed by atoms with van der Waals surface area (Å²) in [6.07, 6.45) is 0. The zero-order chi connectivity index (χ0) is 15.6. The number of amides is 1. The zero-order valence-corrected chi connectivity index (χ0v) is 12.1. The SMILES string of the molecule is Cc1nc(C)c(C(=O)Nc2cc(/C(N)=N/O)ccc2Cl)o1. The number of nitrogens with one attached hydrogen (secondary N) is 1. The van der Waals surface area contributed by atoms with Gasteiger partial charge in [-0.25, -0.2) is 4.98 Å². The number of nitrogens with two attached hydrogens (primary N) is 1. The monoisotopic (exact) mass is 308 g/mol. The van der Waals surface area contributed by atoms with Gasteiger partial charge >= 0.3 is 0 Å². The Hall–Kier alpha value is -2.54. The van der Waals surface area contributed by atoms with Gasteiger partial charge < -0.3 is 20.7 Å². The molecule has 0 saturated heterocycles. The molecule has 0 radical (unpaired) electrons. The highest BCUT2D eigenvalue weighted by molar-refractivity contribution is 6.34. The lowest BCUT2D eigenvalue weighted by molar-refractivity contribution is 0.0994. The molecule has 4 N–H and O–H groups in total. The third-order valence-electron chi connectivity index (χ3n) is 2.73. The van der Waals surface area contributed by atoms with Crippen molar-refractivity contribution in [2.45, 2.75) is 13.8 Å². The maximum atomic E-state index is 12.1. The van der Waals surface area contributed by atoms with Crippen molar-refractivity contribution in [3.63, 3.8) is 0 Å². The number of benzene rings is 1. The number of carbonyl (C=O) groups is 1. The Morgan fingerprint density at radius 1 is 1.48 bits per heavy atom. The number of oxazole rings is 1. The summed E-state index contributed by atoms with van der Waals surface area (Å²) in [4.78, 5) is 16.2. The number of hydrogen-bond donors (Lipinski definition) is 3. The van der Waals surface area contributed by atoms with Crippen molar-refractivity contribution < 1.29 is 14.4 Å². The van der Waals surface area contributed by atoms with Crippen molar-refractivity contribution in [2.24, 2.45) is 10.9 Å². The van der Waals surface area contributed by atoms with E-state index in [4.69, 9.17) is 27.0 Å². The molecular weight excluding hydrogens is 296 g/mol. The van der Waals surface area contributed by atoms with E-state index in [-0.39, 0.29) is 11.6 Å². The van der Waals surface area contributed by atoms with Crippen molar-refractivity contribution in [3.8, 4) is 0 Å². The molecule has 0 unspecified atom stereocenters. The summed E-state index contributed by atoms with van der Waals surface area (Å²) in [5.74, 6) is -0.0626. The van der Waals surface area contributed by atoms with Crippen LogP contribution in [0.1, 0.15) is 27.7 Å². The van der Waals surface area contributed by atoms with Gasteiger partial charge in [-0.3, -0.25) is 4.79 Å². The van der Waals surface area contributed by atoms with Gasteiger partial charge in [0.2, 0.25) is 5.76 Å². The number of aryl methyl sites for hydroxylation is 2. The van der Waals surface area contributed by atoms with Crippen LogP contribution in [0.2, 0.25) is 5.02 Å². The Morgan fingerprint density at radius 3 is 2.76 bits per heavy atom. The Balaban J connectivity index is 2.31. The molecule has 0 aliphatic heterocycles. The first-order chi connectivity index (χ1) is 9.92. The van der Waals surface area contributed by atoms with Gasteiger partial charge in [0.1, 0.15) is 0 Å². The summed E-state index contributed by atoms with van der Waals surface area (Å²) in [6, 6.07) is 4.59. The lowest BCUT2D eigenvalue weighted by Gasteiger charge is -2.08. The first kappa shape index (κ1) is 14.9. The average Bonchev–Trinajstić information content (AvgIpc) is 2.79. The molecule has 1 aromatic carbocycles. The molecule has 0 atom stereocenters. The molecule has 2 rings (SSSR count). The van der Waals surface area contributed by atoms with Gasteiger partial charge in [-0.2, -0.15) is 0 Å². The van der Waals surface area contributed by atoms with Crippen molar-refractivity contribution in [1.82, 2.24) is 4.98 Å². The number of aromatic nitrogens is 1. The van der Waals surface area contributed by atoms with Crippen LogP contribution in [0.3, 0.4) is 0 Å². The van der Waals surface area contributed by atoms with Gasteiger partial charge in [-0.1, -0.05) is 16.8 Å². The van der Waals surface area contributed by atoms with E-state index in [1.807, 2.05) is 0 Å². The second-order valence-electron chi connectivity index (χ2n) is 4.28. The maximum Gasteiger partial charge on any atom is 0.293 e. The third kappa shape index (κ3) is 3.14. The fourth-order valence-electron chi connectivity index (χ4n) is 1.76. The highest BCUT2D eigenvalue weighted by Gasteiger charge is 2.17. The lowest BCUT2D eigenvalue weighted by atomic mass is 10.2. The number of halogens is 1. The quantitative estimate of drug-likeness (QED) is 0.348. The van der Waals surface area contributed by atoms with Gasteiger partial charge in [0.05, 0.1) is 16.4 Å². The number of nitrogens with zero attached hydrogens (tertiary/aromatic N) is 2. The minimum atomic E-state index is -0.480. The molecule has 0 fully saturated rings. The molecule has 0 aliphatic carbocycles. The molecule has 2 aromatic rings. The molecule has 21 heavy (non-hydrogen) atoms. The van der Waals surface area contributed by atoms with E-state index in [2.05, 4.69) is 15.5 Å². The van der Waals surface area contributed by atoms with E-state index < -0.39 is 5.91 Å².